The number of aryl methyl sites for hydroxylation is 1. The number of nitrogens with zero attached hydrogens (tertiary/aromatic N) is 4. The maximum atomic E-state index is 10.2. The molecule has 1 fully saturated rings. The molecule has 4 heterocycles. The van der Waals surface area contributed by atoms with Crippen LogP contribution in [-0.4, -0.2) is 43.3 Å². The molecular weight excluding hydrogens is 328 g/mol. The highest BCUT2D eigenvalue weighted by molar-refractivity contribution is 5.90. The molecule has 0 atom stereocenters. The zero-order valence-electron chi connectivity index (χ0n) is 14.2. The molecule has 1 aliphatic heterocycles. The van der Waals surface area contributed by atoms with E-state index in [0.29, 0.717) is 0 Å². The molecular formula is C20H16N4O2. The smallest absolute Gasteiger partial charge is 0.172 e. The van der Waals surface area contributed by atoms with E-state index in [2.05, 4.69) is 40.2 Å². The maximum absolute atomic E-state index is 10.2. The topological polar surface area (TPSA) is 64.6 Å². The summed E-state index contributed by atoms with van der Waals surface area (Å²) in [5, 5.41) is 20.0. The van der Waals surface area contributed by atoms with Crippen LogP contribution in [0.25, 0.3) is 27.5 Å². The number of hydrogen-bond acceptors (Lipinski definition) is 4. The summed E-state index contributed by atoms with van der Waals surface area (Å²) < 4.78 is 8.73. The van der Waals surface area contributed by atoms with Gasteiger partial charge in [-0.15, -0.1) is 0 Å². The van der Waals surface area contributed by atoms with Crippen LogP contribution in [0.1, 0.15) is 5.56 Å². The first kappa shape index (κ1) is 15.1. The Balaban J connectivity index is 1.67. The monoisotopic (exact) mass is 344 g/mol. The lowest BCUT2D eigenvalue weighted by atomic mass is 10.0. The van der Waals surface area contributed by atoms with Gasteiger partial charge in [-0.2, -0.15) is 10.2 Å². The minimum absolute atomic E-state index is 0.257. The second kappa shape index (κ2) is 5.43. The van der Waals surface area contributed by atoms with E-state index < -0.39 is 5.60 Å². The van der Waals surface area contributed by atoms with Crippen LogP contribution in [0.15, 0.2) is 48.9 Å². The van der Waals surface area contributed by atoms with Gasteiger partial charge in [-0.3, -0.25) is 4.68 Å². The van der Waals surface area contributed by atoms with Gasteiger partial charge >= 0.3 is 0 Å². The fourth-order valence-electron chi connectivity index (χ4n) is 3.24. The van der Waals surface area contributed by atoms with Crippen LogP contribution >= 0.6 is 0 Å². The van der Waals surface area contributed by atoms with E-state index in [-0.39, 0.29) is 13.2 Å². The molecule has 0 spiro atoms. The zero-order valence-corrected chi connectivity index (χ0v) is 14.2. The highest BCUT2D eigenvalue weighted by Gasteiger charge is 2.33. The van der Waals surface area contributed by atoms with Gasteiger partial charge in [0.15, 0.2) is 5.60 Å². The first-order chi connectivity index (χ1) is 12.6. The normalized spacial score (nSPS) is 15.6. The van der Waals surface area contributed by atoms with Gasteiger partial charge in [0.2, 0.25) is 0 Å². The Morgan fingerprint density at radius 3 is 2.88 bits per heavy atom. The molecule has 3 aromatic heterocycles. The lowest BCUT2D eigenvalue weighted by molar-refractivity contribution is -0.140. The summed E-state index contributed by atoms with van der Waals surface area (Å²) in [6.07, 6.45) is 5.60. The van der Waals surface area contributed by atoms with Crippen molar-refractivity contribution in [3.8, 4) is 23.0 Å². The van der Waals surface area contributed by atoms with E-state index >= 15 is 0 Å². The minimum atomic E-state index is -1.04. The van der Waals surface area contributed by atoms with Crippen molar-refractivity contribution in [3.05, 3.63) is 54.5 Å². The number of benzene rings is 1. The third-order valence-corrected chi connectivity index (χ3v) is 4.71. The van der Waals surface area contributed by atoms with Gasteiger partial charge in [0.05, 0.1) is 42.2 Å². The van der Waals surface area contributed by atoms with Crippen LogP contribution < -0.4 is 0 Å². The molecule has 0 aliphatic carbocycles. The zero-order chi connectivity index (χ0) is 17.7. The van der Waals surface area contributed by atoms with Gasteiger partial charge < -0.3 is 9.84 Å². The molecule has 26 heavy (non-hydrogen) atoms. The van der Waals surface area contributed by atoms with E-state index in [1.54, 1.807) is 0 Å². The molecule has 0 bridgehead atoms. The maximum Gasteiger partial charge on any atom is 0.172 e. The standard InChI is InChI=1S/C20H16N4O2/c1-23-18-5-4-15(9-16(18)10-21-23)17-11-22-24-8-2-3-14(19(17)24)6-7-20(25)12-26-13-20/h2-5,8-11,25H,12-13H2,1H3. The summed E-state index contributed by atoms with van der Waals surface area (Å²) in [5.74, 6) is 6.04. The summed E-state index contributed by atoms with van der Waals surface area (Å²) in [6.45, 7) is 0.514. The van der Waals surface area contributed by atoms with Gasteiger partial charge in [-0.1, -0.05) is 17.9 Å². The predicted octanol–water partition coefficient (Wildman–Crippen LogP) is 2.00. The quantitative estimate of drug-likeness (QED) is 0.537. The molecule has 1 aliphatic rings. The average Bonchev–Trinajstić information content (AvgIpc) is 3.22. The van der Waals surface area contributed by atoms with Crippen LogP contribution in [-0.2, 0) is 11.8 Å². The molecule has 0 amide bonds. The van der Waals surface area contributed by atoms with Crippen molar-refractivity contribution in [2.45, 2.75) is 5.60 Å². The van der Waals surface area contributed by atoms with Crippen molar-refractivity contribution in [2.75, 3.05) is 13.2 Å². The van der Waals surface area contributed by atoms with E-state index in [0.717, 1.165) is 33.1 Å². The highest BCUT2D eigenvalue weighted by atomic mass is 16.5. The largest absolute Gasteiger partial charge is 0.373 e. The summed E-state index contributed by atoms with van der Waals surface area (Å²) >= 11 is 0. The van der Waals surface area contributed by atoms with Crippen LogP contribution in [0.2, 0.25) is 0 Å². The third kappa shape index (κ3) is 2.30. The number of aromatic nitrogens is 4. The summed E-state index contributed by atoms with van der Waals surface area (Å²) in [4.78, 5) is 0. The predicted molar refractivity (Wildman–Crippen MR) is 97.5 cm³/mol. The number of rotatable bonds is 1. The number of fused-ring (bicyclic) bond motifs is 2. The second-order valence-corrected chi connectivity index (χ2v) is 6.59. The number of hydrogen-bond donors (Lipinski definition) is 1. The van der Waals surface area contributed by atoms with Crippen LogP contribution in [0.3, 0.4) is 0 Å². The second-order valence-electron chi connectivity index (χ2n) is 6.59. The van der Waals surface area contributed by atoms with Crippen molar-refractivity contribution >= 4 is 16.4 Å². The van der Waals surface area contributed by atoms with Crippen molar-refractivity contribution in [3.63, 3.8) is 0 Å². The summed E-state index contributed by atoms with van der Waals surface area (Å²) in [7, 11) is 1.93. The Bertz CT molecular complexity index is 1200. The SMILES string of the molecule is Cn1ncc2cc(-c3cnn4cccc(C#CC5(O)COC5)c34)ccc21. The molecule has 0 saturated carbocycles. The van der Waals surface area contributed by atoms with E-state index in [4.69, 9.17) is 4.74 Å². The highest BCUT2D eigenvalue weighted by Crippen LogP contribution is 2.29. The Morgan fingerprint density at radius 1 is 1.19 bits per heavy atom. The fraction of sp³-hybridized carbons (Fsp3) is 0.200. The van der Waals surface area contributed by atoms with Crippen molar-refractivity contribution in [1.29, 1.82) is 0 Å². The molecule has 4 aromatic rings. The number of pyridine rings is 1. The van der Waals surface area contributed by atoms with Gasteiger partial charge in [-0.25, -0.2) is 4.52 Å². The first-order valence-electron chi connectivity index (χ1n) is 8.35. The number of ether oxygens (including phenoxy) is 1. The third-order valence-electron chi connectivity index (χ3n) is 4.71. The fourth-order valence-corrected chi connectivity index (χ4v) is 3.24. The van der Waals surface area contributed by atoms with Gasteiger partial charge in [0.1, 0.15) is 0 Å². The van der Waals surface area contributed by atoms with Crippen molar-refractivity contribution in [2.24, 2.45) is 7.05 Å². The van der Waals surface area contributed by atoms with E-state index in [1.807, 2.05) is 47.0 Å². The molecule has 128 valence electrons. The molecule has 6 nitrogen and oxygen atoms in total. The van der Waals surface area contributed by atoms with Gasteiger partial charge in [0, 0.05) is 24.2 Å². The van der Waals surface area contributed by atoms with Crippen LogP contribution in [0.4, 0.5) is 0 Å². The van der Waals surface area contributed by atoms with Crippen molar-refractivity contribution in [1.82, 2.24) is 19.4 Å². The molecule has 0 radical (unpaired) electrons. The van der Waals surface area contributed by atoms with E-state index in [1.165, 1.54) is 0 Å². The lowest BCUT2D eigenvalue weighted by Gasteiger charge is -2.30. The molecule has 1 N–H and O–H groups in total. The number of aliphatic hydroxyl groups is 1. The lowest BCUT2D eigenvalue weighted by Crippen LogP contribution is -2.48. The Morgan fingerprint density at radius 2 is 2.08 bits per heavy atom. The molecule has 6 heteroatoms. The van der Waals surface area contributed by atoms with Crippen molar-refractivity contribution < 1.29 is 9.84 Å². The molecule has 1 saturated heterocycles. The Labute approximate surface area is 149 Å². The molecule has 0 unspecified atom stereocenters. The summed E-state index contributed by atoms with van der Waals surface area (Å²) in [5.41, 5.74) is 3.84. The average molecular weight is 344 g/mol. The van der Waals surface area contributed by atoms with Gasteiger partial charge in [0.25, 0.3) is 0 Å². The van der Waals surface area contributed by atoms with E-state index in [9.17, 15) is 5.11 Å². The van der Waals surface area contributed by atoms with Crippen LogP contribution in [0.5, 0.6) is 0 Å². The first-order valence-corrected chi connectivity index (χ1v) is 8.35. The Kier molecular flexibility index (Phi) is 3.16. The summed E-state index contributed by atoms with van der Waals surface area (Å²) in [6, 6.07) is 10.1. The minimum Gasteiger partial charge on any atom is -0.373 e. The molecule has 1 aromatic carbocycles. The Hall–Kier alpha value is -3.14. The van der Waals surface area contributed by atoms with Gasteiger partial charge in [-0.05, 0) is 29.8 Å². The molecule has 5 rings (SSSR count). The van der Waals surface area contributed by atoms with Crippen LogP contribution in [0, 0.1) is 11.8 Å².